The zero-order chi connectivity index (χ0) is 23.0. The van der Waals surface area contributed by atoms with Gasteiger partial charge in [-0.05, 0) is 37.5 Å². The average molecular weight is 444 g/mol. The SMILES string of the molecule is C1#CCCC2CC2CC1.CC.CCCOCCOCCOCCOCCNC(=O)OC. The summed E-state index contributed by atoms with van der Waals surface area (Å²) in [5.74, 6) is 8.55. The Hall–Kier alpha value is -1.33. The Balaban J connectivity index is 0.000000665. The van der Waals surface area contributed by atoms with Crippen molar-refractivity contribution in [2.45, 2.75) is 59.3 Å². The zero-order valence-corrected chi connectivity index (χ0v) is 20.2. The largest absolute Gasteiger partial charge is 0.453 e. The summed E-state index contributed by atoms with van der Waals surface area (Å²) in [5.41, 5.74) is 0. The molecule has 1 saturated carbocycles. The lowest BCUT2D eigenvalue weighted by molar-refractivity contribution is -0.00133. The van der Waals surface area contributed by atoms with Crippen molar-refractivity contribution in [2.75, 3.05) is 66.5 Å². The van der Waals surface area contributed by atoms with Crippen molar-refractivity contribution in [2.24, 2.45) is 11.8 Å². The molecule has 1 N–H and O–H groups in total. The van der Waals surface area contributed by atoms with Crippen molar-refractivity contribution in [3.63, 3.8) is 0 Å². The molecule has 2 rings (SSSR count). The van der Waals surface area contributed by atoms with Crippen LogP contribution in [0.25, 0.3) is 0 Å². The third-order valence-corrected chi connectivity index (χ3v) is 4.64. The first kappa shape index (κ1) is 29.7. The summed E-state index contributed by atoms with van der Waals surface area (Å²) < 4.78 is 25.5. The first-order chi connectivity index (χ1) is 15.3. The highest BCUT2D eigenvalue weighted by atomic mass is 16.6. The lowest BCUT2D eigenvalue weighted by atomic mass is 10.1. The van der Waals surface area contributed by atoms with Gasteiger partial charge in [-0.3, -0.25) is 0 Å². The standard InChI is InChI=1S/C13H27NO6.C9H12.C2H6/c1-3-5-17-7-9-19-11-12-20-10-8-18-6-4-14-13(15)16-2;1-2-4-6-9-7-8(9)5-3-1;1-2/h3-12H2,1-2H3,(H,14,15);8-9H,3-7H2;1-2H3. The molecule has 7 heteroatoms. The molecule has 1 fully saturated rings. The molecule has 0 heterocycles. The van der Waals surface area contributed by atoms with E-state index >= 15 is 0 Å². The number of alkyl carbamates (subject to hydrolysis) is 1. The minimum absolute atomic E-state index is 0.424. The summed E-state index contributed by atoms with van der Waals surface area (Å²) in [5, 5.41) is 2.51. The van der Waals surface area contributed by atoms with Gasteiger partial charge in [0, 0.05) is 26.0 Å². The molecular formula is C24H45NO6. The van der Waals surface area contributed by atoms with Gasteiger partial charge in [-0.1, -0.05) is 20.8 Å². The minimum Gasteiger partial charge on any atom is -0.453 e. The second-order valence-corrected chi connectivity index (χ2v) is 7.05. The fourth-order valence-corrected chi connectivity index (χ4v) is 2.91. The third kappa shape index (κ3) is 20.3. The lowest BCUT2D eigenvalue weighted by Gasteiger charge is -2.07. The molecule has 2 aliphatic rings. The summed E-state index contributed by atoms with van der Waals surface area (Å²) in [6.07, 6.45) is 7.18. The number of methoxy groups -OCH3 is 1. The number of carbonyl (C=O) groups excluding carboxylic acids is 1. The average Bonchev–Trinajstić information content (AvgIpc) is 3.52. The Labute approximate surface area is 189 Å². The molecule has 31 heavy (non-hydrogen) atoms. The van der Waals surface area contributed by atoms with Crippen LogP contribution in [0.3, 0.4) is 0 Å². The van der Waals surface area contributed by atoms with Crippen molar-refractivity contribution in [1.29, 1.82) is 0 Å². The number of carbonyl (C=O) groups is 1. The Bertz CT molecular complexity index is 447. The molecular weight excluding hydrogens is 398 g/mol. The van der Waals surface area contributed by atoms with Crippen LogP contribution >= 0.6 is 0 Å². The molecule has 2 atom stereocenters. The summed E-state index contributed by atoms with van der Waals surface area (Å²) in [6.45, 7) is 11.0. The molecule has 0 aromatic heterocycles. The Morgan fingerprint density at radius 3 is 1.71 bits per heavy atom. The number of nitrogens with one attached hydrogen (secondary N) is 1. The second-order valence-electron chi connectivity index (χ2n) is 7.05. The third-order valence-electron chi connectivity index (χ3n) is 4.64. The predicted octanol–water partition coefficient (Wildman–Crippen LogP) is 4.04. The van der Waals surface area contributed by atoms with Gasteiger partial charge in [-0.15, -0.1) is 11.8 Å². The number of amides is 1. The van der Waals surface area contributed by atoms with Crippen LogP contribution in [0.2, 0.25) is 0 Å². The van der Waals surface area contributed by atoms with Crippen LogP contribution in [-0.2, 0) is 23.7 Å². The van der Waals surface area contributed by atoms with E-state index in [1.165, 1.54) is 39.2 Å². The molecule has 7 nitrogen and oxygen atoms in total. The van der Waals surface area contributed by atoms with Crippen molar-refractivity contribution < 1.29 is 28.5 Å². The summed E-state index contributed by atoms with van der Waals surface area (Å²) in [4.78, 5) is 10.7. The van der Waals surface area contributed by atoms with E-state index in [-0.39, 0.29) is 0 Å². The van der Waals surface area contributed by atoms with Crippen LogP contribution in [0, 0.1) is 23.7 Å². The van der Waals surface area contributed by atoms with Gasteiger partial charge in [0.25, 0.3) is 0 Å². The van der Waals surface area contributed by atoms with Gasteiger partial charge in [0.2, 0.25) is 0 Å². The first-order valence-corrected chi connectivity index (χ1v) is 11.9. The maximum absolute atomic E-state index is 10.7. The number of fused-ring (bicyclic) bond motifs is 1. The molecule has 182 valence electrons. The Morgan fingerprint density at radius 2 is 1.26 bits per heavy atom. The van der Waals surface area contributed by atoms with E-state index in [0.29, 0.717) is 52.8 Å². The number of ether oxygens (including phenoxy) is 5. The molecule has 0 radical (unpaired) electrons. The van der Waals surface area contributed by atoms with Crippen LogP contribution in [0.1, 0.15) is 59.3 Å². The molecule has 2 unspecified atom stereocenters. The molecule has 0 saturated heterocycles. The van der Waals surface area contributed by atoms with E-state index in [9.17, 15) is 4.79 Å². The van der Waals surface area contributed by atoms with Crippen LogP contribution in [0.4, 0.5) is 4.79 Å². The Kier molecular flexibility index (Phi) is 22.3. The first-order valence-electron chi connectivity index (χ1n) is 11.9. The highest BCUT2D eigenvalue weighted by molar-refractivity contribution is 5.66. The fourth-order valence-electron chi connectivity index (χ4n) is 2.91. The zero-order valence-electron chi connectivity index (χ0n) is 20.2. The summed E-state index contributed by atoms with van der Waals surface area (Å²) >= 11 is 0. The van der Waals surface area contributed by atoms with Gasteiger partial charge in [0.15, 0.2) is 0 Å². The molecule has 0 aromatic rings. The topological polar surface area (TPSA) is 75.3 Å². The monoisotopic (exact) mass is 443 g/mol. The molecule has 2 aliphatic carbocycles. The number of rotatable bonds is 14. The van der Waals surface area contributed by atoms with Gasteiger partial charge in [0.05, 0.1) is 53.4 Å². The van der Waals surface area contributed by atoms with Crippen molar-refractivity contribution >= 4 is 6.09 Å². The van der Waals surface area contributed by atoms with Crippen molar-refractivity contribution in [3.8, 4) is 11.8 Å². The summed E-state index contributed by atoms with van der Waals surface area (Å²) in [7, 11) is 1.32. The van der Waals surface area contributed by atoms with Gasteiger partial charge in [0.1, 0.15) is 0 Å². The number of hydrogen-bond donors (Lipinski definition) is 1. The molecule has 0 bridgehead atoms. The highest BCUT2D eigenvalue weighted by Crippen LogP contribution is 2.45. The van der Waals surface area contributed by atoms with Crippen LogP contribution in [-0.4, -0.2) is 72.6 Å². The molecule has 0 aromatic carbocycles. The van der Waals surface area contributed by atoms with Crippen molar-refractivity contribution in [1.82, 2.24) is 5.32 Å². The van der Waals surface area contributed by atoms with Crippen molar-refractivity contribution in [3.05, 3.63) is 0 Å². The van der Waals surface area contributed by atoms with E-state index in [2.05, 4.69) is 28.8 Å². The van der Waals surface area contributed by atoms with E-state index in [1.54, 1.807) is 0 Å². The highest BCUT2D eigenvalue weighted by Gasteiger charge is 2.35. The van der Waals surface area contributed by atoms with E-state index in [4.69, 9.17) is 18.9 Å². The fraction of sp³-hybridized carbons (Fsp3) is 0.875. The van der Waals surface area contributed by atoms with Crippen LogP contribution in [0.5, 0.6) is 0 Å². The minimum atomic E-state index is -0.454. The van der Waals surface area contributed by atoms with Crippen LogP contribution in [0.15, 0.2) is 0 Å². The lowest BCUT2D eigenvalue weighted by Crippen LogP contribution is -2.27. The normalized spacial score (nSPS) is 18.3. The van der Waals surface area contributed by atoms with Gasteiger partial charge in [-0.25, -0.2) is 4.79 Å². The second kappa shape index (κ2) is 23.3. The van der Waals surface area contributed by atoms with Crippen LogP contribution < -0.4 is 5.32 Å². The van der Waals surface area contributed by atoms with E-state index in [0.717, 1.165) is 24.9 Å². The maximum atomic E-state index is 10.7. The quantitative estimate of drug-likeness (QED) is 0.323. The molecule has 0 spiro atoms. The van der Waals surface area contributed by atoms with E-state index < -0.39 is 6.09 Å². The Morgan fingerprint density at radius 1 is 0.806 bits per heavy atom. The van der Waals surface area contributed by atoms with E-state index in [1.807, 2.05) is 13.8 Å². The predicted molar refractivity (Wildman–Crippen MR) is 123 cm³/mol. The summed E-state index contributed by atoms with van der Waals surface area (Å²) in [6, 6.07) is 0. The molecule has 1 amide bonds. The molecule has 0 aliphatic heterocycles. The van der Waals surface area contributed by atoms with Gasteiger partial charge >= 0.3 is 6.09 Å². The smallest absolute Gasteiger partial charge is 0.406 e. The number of hydrogen-bond acceptors (Lipinski definition) is 6. The maximum Gasteiger partial charge on any atom is 0.406 e. The van der Waals surface area contributed by atoms with Gasteiger partial charge in [-0.2, -0.15) is 0 Å². The van der Waals surface area contributed by atoms with Gasteiger partial charge < -0.3 is 29.0 Å².